The van der Waals surface area contributed by atoms with Gasteiger partial charge in [0, 0.05) is 23.8 Å². The van der Waals surface area contributed by atoms with Gasteiger partial charge in [0.1, 0.15) is 0 Å². The van der Waals surface area contributed by atoms with Gasteiger partial charge in [-0.1, -0.05) is 6.92 Å². The van der Waals surface area contributed by atoms with Crippen molar-refractivity contribution in [1.82, 2.24) is 4.90 Å². The molecule has 0 bridgehead atoms. The summed E-state index contributed by atoms with van der Waals surface area (Å²) in [5.41, 5.74) is 4.90. The fourth-order valence-corrected chi connectivity index (χ4v) is 5.55. The minimum absolute atomic E-state index is 0.109. The number of carbonyl (C=O) groups is 2. The van der Waals surface area contributed by atoms with Crippen LogP contribution in [0.25, 0.3) is 6.08 Å². The number of fused-ring (bicyclic) bond motifs is 1. The molecular formula is C22H30N2O2S. The van der Waals surface area contributed by atoms with Gasteiger partial charge in [-0.25, -0.2) is 0 Å². The van der Waals surface area contributed by atoms with Crippen molar-refractivity contribution < 1.29 is 9.59 Å². The molecule has 2 aliphatic rings. The number of carbonyl (C=O) groups excluding carboxylic acids is 2. The van der Waals surface area contributed by atoms with E-state index in [0.29, 0.717) is 23.4 Å². The number of rotatable bonds is 3. The Morgan fingerprint density at radius 3 is 2.52 bits per heavy atom. The van der Waals surface area contributed by atoms with Crippen molar-refractivity contribution in [3.8, 4) is 0 Å². The molecule has 0 aromatic heterocycles. The maximum absolute atomic E-state index is 12.4. The summed E-state index contributed by atoms with van der Waals surface area (Å²) in [5.74, 6) is 0.270. The van der Waals surface area contributed by atoms with E-state index in [-0.39, 0.29) is 16.7 Å². The highest BCUT2D eigenvalue weighted by Gasteiger charge is 2.38. The Morgan fingerprint density at radius 1 is 1.30 bits per heavy atom. The Labute approximate surface area is 167 Å². The van der Waals surface area contributed by atoms with Gasteiger partial charge in [-0.3, -0.25) is 14.5 Å². The number of benzene rings is 1. The fraction of sp³-hybridized carbons (Fsp3) is 0.545. The smallest absolute Gasteiger partial charge is 0.293 e. The molecule has 0 aliphatic carbocycles. The molecule has 1 saturated heterocycles. The highest BCUT2D eigenvalue weighted by Crippen LogP contribution is 2.46. The lowest BCUT2D eigenvalue weighted by Crippen LogP contribution is -2.51. The van der Waals surface area contributed by atoms with Crippen molar-refractivity contribution >= 4 is 34.7 Å². The average Bonchev–Trinajstić information content (AvgIpc) is 2.81. The molecule has 1 atom stereocenters. The quantitative estimate of drug-likeness (QED) is 0.639. The van der Waals surface area contributed by atoms with Crippen LogP contribution in [0.4, 0.5) is 10.5 Å². The maximum atomic E-state index is 12.4. The molecule has 0 radical (unpaired) electrons. The number of imide groups is 1. The molecule has 1 unspecified atom stereocenters. The van der Waals surface area contributed by atoms with E-state index in [1.807, 2.05) is 13.0 Å². The number of amides is 2. The van der Waals surface area contributed by atoms with Crippen molar-refractivity contribution in [2.45, 2.75) is 72.4 Å². The molecule has 27 heavy (non-hydrogen) atoms. The minimum Gasteiger partial charge on any atom is -0.364 e. The topological polar surface area (TPSA) is 40.6 Å². The van der Waals surface area contributed by atoms with Gasteiger partial charge < -0.3 is 4.90 Å². The van der Waals surface area contributed by atoms with Gasteiger partial charge in [-0.15, -0.1) is 0 Å². The van der Waals surface area contributed by atoms with Crippen molar-refractivity contribution in [3.63, 3.8) is 0 Å². The summed E-state index contributed by atoms with van der Waals surface area (Å²) in [6.45, 7) is 15.7. The first-order valence-electron chi connectivity index (χ1n) is 9.76. The molecule has 0 N–H and O–H groups in total. The standard InChI is InChI=1S/C22H30N2O2S/c1-8-23-20(25)19(27-21(23)26)11-16-10-17-15(5)12-22(6,7)24(13(2)3)18(17)9-14(16)4/h9-11,13,15H,8,12H2,1-7H3/b19-11-. The summed E-state index contributed by atoms with van der Waals surface area (Å²) in [6.07, 6.45) is 2.98. The van der Waals surface area contributed by atoms with E-state index >= 15 is 0 Å². The third-order valence-electron chi connectivity index (χ3n) is 5.66. The molecule has 146 valence electrons. The normalized spacial score (nSPS) is 23.6. The molecule has 2 heterocycles. The van der Waals surface area contributed by atoms with E-state index in [2.05, 4.69) is 58.6 Å². The highest BCUT2D eigenvalue weighted by molar-refractivity contribution is 8.18. The van der Waals surface area contributed by atoms with Crippen LogP contribution in [0.1, 0.15) is 70.6 Å². The van der Waals surface area contributed by atoms with Crippen molar-refractivity contribution in [3.05, 3.63) is 33.7 Å². The van der Waals surface area contributed by atoms with Crippen molar-refractivity contribution in [2.75, 3.05) is 11.4 Å². The summed E-state index contributed by atoms with van der Waals surface area (Å²) >= 11 is 1.04. The Balaban J connectivity index is 2.07. The van der Waals surface area contributed by atoms with Crippen LogP contribution in [0, 0.1) is 6.92 Å². The zero-order valence-corrected chi connectivity index (χ0v) is 18.2. The van der Waals surface area contributed by atoms with Crippen molar-refractivity contribution in [2.24, 2.45) is 0 Å². The first-order chi connectivity index (χ1) is 12.6. The minimum atomic E-state index is -0.178. The Morgan fingerprint density at radius 2 is 1.96 bits per heavy atom. The van der Waals surface area contributed by atoms with E-state index in [1.54, 1.807) is 0 Å². The molecule has 1 fully saturated rings. The van der Waals surface area contributed by atoms with Gasteiger partial charge in [-0.05, 0) is 101 Å². The monoisotopic (exact) mass is 386 g/mol. The van der Waals surface area contributed by atoms with Gasteiger partial charge in [0.05, 0.1) is 4.91 Å². The molecule has 2 aliphatic heterocycles. The van der Waals surface area contributed by atoms with Crippen LogP contribution >= 0.6 is 11.8 Å². The molecule has 0 spiro atoms. The van der Waals surface area contributed by atoms with Gasteiger partial charge in [-0.2, -0.15) is 0 Å². The number of nitrogens with zero attached hydrogens (tertiary/aromatic N) is 2. The van der Waals surface area contributed by atoms with Crippen LogP contribution in [0.5, 0.6) is 0 Å². The lowest BCUT2D eigenvalue weighted by Gasteiger charge is -2.50. The van der Waals surface area contributed by atoms with Crippen LogP contribution in [0.2, 0.25) is 0 Å². The van der Waals surface area contributed by atoms with E-state index in [1.165, 1.54) is 16.2 Å². The molecule has 5 heteroatoms. The van der Waals surface area contributed by atoms with Crippen LogP contribution in [-0.2, 0) is 4.79 Å². The third-order valence-corrected chi connectivity index (χ3v) is 6.56. The molecule has 2 amide bonds. The number of hydrogen-bond donors (Lipinski definition) is 0. The van der Waals surface area contributed by atoms with Gasteiger partial charge in [0.25, 0.3) is 11.1 Å². The third kappa shape index (κ3) is 3.42. The first-order valence-corrected chi connectivity index (χ1v) is 10.6. The number of hydrogen-bond acceptors (Lipinski definition) is 4. The van der Waals surface area contributed by atoms with Crippen molar-refractivity contribution in [1.29, 1.82) is 0 Å². The largest absolute Gasteiger partial charge is 0.364 e. The number of likely N-dealkylation sites (N-methyl/N-ethyl adjacent to an activating group) is 1. The van der Waals surface area contributed by atoms with Gasteiger partial charge in [0.15, 0.2) is 0 Å². The molecule has 1 aromatic rings. The molecule has 0 saturated carbocycles. The van der Waals surface area contributed by atoms with Crippen LogP contribution < -0.4 is 4.90 Å². The highest BCUT2D eigenvalue weighted by atomic mass is 32.2. The van der Waals surface area contributed by atoms with E-state index in [9.17, 15) is 9.59 Å². The maximum Gasteiger partial charge on any atom is 0.293 e. The Kier molecular flexibility index (Phi) is 5.19. The summed E-state index contributed by atoms with van der Waals surface area (Å²) < 4.78 is 0. The van der Waals surface area contributed by atoms with Crippen LogP contribution in [-0.4, -0.2) is 34.2 Å². The second-order valence-corrected chi connectivity index (χ2v) is 9.57. The second kappa shape index (κ2) is 7.01. The summed E-state index contributed by atoms with van der Waals surface area (Å²) in [6, 6.07) is 4.89. The van der Waals surface area contributed by atoms with Crippen LogP contribution in [0.15, 0.2) is 17.0 Å². The molecule has 4 nitrogen and oxygen atoms in total. The summed E-state index contributed by atoms with van der Waals surface area (Å²) in [5, 5.41) is -0.175. The van der Waals surface area contributed by atoms with E-state index in [0.717, 1.165) is 29.3 Å². The van der Waals surface area contributed by atoms with Gasteiger partial charge in [0.2, 0.25) is 0 Å². The van der Waals surface area contributed by atoms with Gasteiger partial charge >= 0.3 is 0 Å². The van der Waals surface area contributed by atoms with Crippen LogP contribution in [0.3, 0.4) is 0 Å². The molecule has 3 rings (SSSR count). The summed E-state index contributed by atoms with van der Waals surface area (Å²) in [4.78, 5) is 28.8. The van der Waals surface area contributed by atoms with E-state index in [4.69, 9.17) is 0 Å². The predicted molar refractivity (Wildman–Crippen MR) is 114 cm³/mol. The predicted octanol–water partition coefficient (Wildman–Crippen LogP) is 5.55. The molecular weight excluding hydrogens is 356 g/mol. The lowest BCUT2D eigenvalue weighted by atomic mass is 9.78. The zero-order valence-electron chi connectivity index (χ0n) is 17.4. The summed E-state index contributed by atoms with van der Waals surface area (Å²) in [7, 11) is 0. The Bertz CT molecular complexity index is 826. The van der Waals surface area contributed by atoms with E-state index < -0.39 is 0 Å². The second-order valence-electron chi connectivity index (χ2n) is 8.57. The number of thioether (sulfide) groups is 1. The average molecular weight is 387 g/mol. The first kappa shape index (κ1) is 20.0. The number of anilines is 1. The Hall–Kier alpha value is -1.75. The SMILES string of the molecule is CCN1C(=O)S/C(=C\c2cc3c(cc2C)N(C(C)C)C(C)(C)CC3C)C1=O. The molecule has 1 aromatic carbocycles. The lowest BCUT2D eigenvalue weighted by molar-refractivity contribution is -0.122. The zero-order chi connectivity index (χ0) is 20.1. The number of aryl methyl sites for hydroxylation is 1. The fourth-order valence-electron chi connectivity index (χ4n) is 4.66.